The van der Waals surface area contributed by atoms with Gasteiger partial charge in [0.1, 0.15) is 4.90 Å². The quantitative estimate of drug-likeness (QED) is 0.812. The lowest BCUT2D eigenvalue weighted by Crippen LogP contribution is -2.36. The number of fused-ring (bicyclic) bond motifs is 1. The topological polar surface area (TPSA) is 71.5 Å². The minimum atomic E-state index is -4.01. The van der Waals surface area contributed by atoms with Crippen molar-refractivity contribution in [1.29, 1.82) is 0 Å². The van der Waals surface area contributed by atoms with Gasteiger partial charge < -0.3 is 0 Å². The van der Waals surface area contributed by atoms with Crippen molar-refractivity contribution in [1.82, 2.24) is 4.31 Å². The number of carbonyl (C=O) groups excluding carboxylic acids is 2. The van der Waals surface area contributed by atoms with Gasteiger partial charge in [0.05, 0.1) is 5.56 Å². The molecule has 1 aromatic rings. The average Bonchev–Trinajstić information content (AvgIpc) is 2.47. The number of sulfonamides is 1. The first-order chi connectivity index (χ1) is 8.35. The first-order valence-electron chi connectivity index (χ1n) is 5.57. The molecule has 1 heterocycles. The fourth-order valence-corrected chi connectivity index (χ4v) is 3.40. The molecule has 0 fully saturated rings. The van der Waals surface area contributed by atoms with Crippen LogP contribution in [0.3, 0.4) is 0 Å². The molecule has 0 saturated carbocycles. The van der Waals surface area contributed by atoms with Crippen molar-refractivity contribution < 1.29 is 18.0 Å². The third-order valence-corrected chi connectivity index (χ3v) is 4.39. The maximum Gasteiger partial charge on any atom is 0.276 e. The second kappa shape index (κ2) is 4.20. The first-order valence-corrected chi connectivity index (χ1v) is 7.01. The zero-order chi connectivity index (χ0) is 13.5. The lowest BCUT2D eigenvalue weighted by Gasteiger charge is -2.14. The Labute approximate surface area is 105 Å². The van der Waals surface area contributed by atoms with E-state index in [-0.39, 0.29) is 22.8 Å². The lowest BCUT2D eigenvalue weighted by atomic mass is 10.1. The van der Waals surface area contributed by atoms with Gasteiger partial charge in [-0.15, -0.1) is 0 Å². The van der Waals surface area contributed by atoms with Crippen molar-refractivity contribution in [3.8, 4) is 0 Å². The summed E-state index contributed by atoms with van der Waals surface area (Å²) in [5.41, 5.74) is 0.0645. The van der Waals surface area contributed by atoms with Crippen LogP contribution < -0.4 is 0 Å². The molecule has 0 atom stereocenters. The fraction of sp³-hybridized carbons (Fsp3) is 0.333. The Morgan fingerprint density at radius 1 is 1.28 bits per heavy atom. The number of imide groups is 1. The van der Waals surface area contributed by atoms with Crippen LogP contribution in [0.5, 0.6) is 0 Å². The lowest BCUT2D eigenvalue weighted by molar-refractivity contribution is -0.125. The highest BCUT2D eigenvalue weighted by molar-refractivity contribution is 7.90. The smallest absolute Gasteiger partial charge is 0.273 e. The molecule has 18 heavy (non-hydrogen) atoms. The summed E-state index contributed by atoms with van der Waals surface area (Å²) in [6.07, 6.45) is 0.0267. The molecule has 5 nitrogen and oxygen atoms in total. The molecule has 0 radical (unpaired) electrons. The van der Waals surface area contributed by atoms with Gasteiger partial charge >= 0.3 is 0 Å². The van der Waals surface area contributed by atoms with Crippen molar-refractivity contribution >= 4 is 21.8 Å². The van der Waals surface area contributed by atoms with Crippen LogP contribution in [0, 0.1) is 5.92 Å². The maximum absolute atomic E-state index is 12.1. The Morgan fingerprint density at radius 2 is 1.89 bits per heavy atom. The van der Waals surface area contributed by atoms with Gasteiger partial charge in [-0.05, 0) is 18.1 Å². The van der Waals surface area contributed by atoms with E-state index in [9.17, 15) is 18.0 Å². The highest BCUT2D eigenvalue weighted by atomic mass is 32.2. The van der Waals surface area contributed by atoms with E-state index in [1.807, 2.05) is 0 Å². The summed E-state index contributed by atoms with van der Waals surface area (Å²) in [6, 6.07) is 5.85. The molecule has 2 rings (SSSR count). The molecule has 0 saturated heterocycles. The highest BCUT2D eigenvalue weighted by Crippen LogP contribution is 2.30. The summed E-state index contributed by atoms with van der Waals surface area (Å²) in [7, 11) is -4.01. The van der Waals surface area contributed by atoms with E-state index in [1.54, 1.807) is 19.9 Å². The van der Waals surface area contributed by atoms with Gasteiger partial charge in [0.25, 0.3) is 15.9 Å². The summed E-state index contributed by atoms with van der Waals surface area (Å²) in [6.45, 7) is 3.58. The van der Waals surface area contributed by atoms with E-state index in [2.05, 4.69) is 0 Å². The van der Waals surface area contributed by atoms with Crippen LogP contribution in [0.15, 0.2) is 29.2 Å². The van der Waals surface area contributed by atoms with Crippen molar-refractivity contribution in [2.75, 3.05) is 0 Å². The van der Waals surface area contributed by atoms with E-state index in [0.29, 0.717) is 4.31 Å². The van der Waals surface area contributed by atoms with Gasteiger partial charge in [-0.3, -0.25) is 9.59 Å². The van der Waals surface area contributed by atoms with Crippen LogP contribution in [0.1, 0.15) is 30.6 Å². The summed E-state index contributed by atoms with van der Waals surface area (Å²) < 4.78 is 24.6. The molecule has 96 valence electrons. The van der Waals surface area contributed by atoms with Crippen LogP contribution in [0.4, 0.5) is 0 Å². The second-order valence-electron chi connectivity index (χ2n) is 4.56. The van der Waals surface area contributed by atoms with E-state index < -0.39 is 21.8 Å². The number of nitrogens with zero attached hydrogens (tertiary/aromatic N) is 1. The largest absolute Gasteiger partial charge is 0.276 e. The molecule has 1 aliphatic heterocycles. The molecule has 0 aliphatic carbocycles. The summed E-state index contributed by atoms with van der Waals surface area (Å²) >= 11 is 0. The average molecular weight is 267 g/mol. The number of hydrogen-bond donors (Lipinski definition) is 0. The SMILES string of the molecule is CC(C)CC(=O)N1C(=O)c2ccccc2S1(=O)=O. The van der Waals surface area contributed by atoms with Crippen molar-refractivity contribution in [3.63, 3.8) is 0 Å². The van der Waals surface area contributed by atoms with Crippen LogP contribution in [-0.4, -0.2) is 24.5 Å². The molecule has 6 heteroatoms. The molecule has 0 bridgehead atoms. The number of hydrogen-bond acceptors (Lipinski definition) is 4. The highest BCUT2D eigenvalue weighted by Gasteiger charge is 2.44. The van der Waals surface area contributed by atoms with Crippen LogP contribution in [-0.2, 0) is 14.8 Å². The molecule has 2 amide bonds. The maximum atomic E-state index is 12.1. The minimum Gasteiger partial charge on any atom is -0.273 e. The zero-order valence-electron chi connectivity index (χ0n) is 10.1. The van der Waals surface area contributed by atoms with Gasteiger partial charge in [0.15, 0.2) is 0 Å². The van der Waals surface area contributed by atoms with E-state index >= 15 is 0 Å². The first kappa shape index (κ1) is 12.8. The van der Waals surface area contributed by atoms with Crippen LogP contribution >= 0.6 is 0 Å². The number of benzene rings is 1. The van der Waals surface area contributed by atoms with Crippen molar-refractivity contribution in [3.05, 3.63) is 29.8 Å². The molecule has 1 aliphatic rings. The minimum absolute atomic E-state index is 0.00999. The Morgan fingerprint density at radius 3 is 2.44 bits per heavy atom. The van der Waals surface area contributed by atoms with E-state index in [4.69, 9.17) is 0 Å². The fourth-order valence-electron chi connectivity index (χ4n) is 1.86. The van der Waals surface area contributed by atoms with Gasteiger partial charge in [-0.1, -0.05) is 26.0 Å². The molecule has 0 spiro atoms. The standard InChI is InChI=1S/C12H13NO4S/c1-8(2)7-11(14)13-12(15)9-5-3-4-6-10(9)18(13,16)17/h3-6,8H,7H2,1-2H3. The zero-order valence-corrected chi connectivity index (χ0v) is 10.9. The third-order valence-electron chi connectivity index (χ3n) is 2.63. The van der Waals surface area contributed by atoms with Gasteiger partial charge in [0, 0.05) is 6.42 Å². The van der Waals surface area contributed by atoms with Gasteiger partial charge in [0.2, 0.25) is 5.91 Å². The predicted octanol–water partition coefficient (Wildman–Crippen LogP) is 1.40. The molecular formula is C12H13NO4S. The normalized spacial score (nSPS) is 17.1. The Hall–Kier alpha value is -1.69. The van der Waals surface area contributed by atoms with Crippen LogP contribution in [0.25, 0.3) is 0 Å². The van der Waals surface area contributed by atoms with Crippen molar-refractivity contribution in [2.24, 2.45) is 5.92 Å². The Balaban J connectivity index is 2.49. The number of rotatable bonds is 2. The summed E-state index contributed by atoms with van der Waals surface area (Å²) in [4.78, 5) is 23.7. The monoisotopic (exact) mass is 267 g/mol. The number of amides is 2. The summed E-state index contributed by atoms with van der Waals surface area (Å²) in [5.74, 6) is -1.44. The Kier molecular flexibility index (Phi) is 2.98. The second-order valence-corrected chi connectivity index (χ2v) is 6.32. The molecular weight excluding hydrogens is 254 g/mol. The van der Waals surface area contributed by atoms with E-state index in [0.717, 1.165) is 0 Å². The Bertz CT molecular complexity index is 619. The number of carbonyl (C=O) groups is 2. The molecule has 1 aromatic carbocycles. The van der Waals surface area contributed by atoms with Crippen LogP contribution in [0.2, 0.25) is 0 Å². The van der Waals surface area contributed by atoms with Gasteiger partial charge in [-0.25, -0.2) is 8.42 Å². The summed E-state index contributed by atoms with van der Waals surface area (Å²) in [5, 5.41) is 0. The van der Waals surface area contributed by atoms with Crippen molar-refractivity contribution in [2.45, 2.75) is 25.2 Å². The molecule has 0 N–H and O–H groups in total. The van der Waals surface area contributed by atoms with Gasteiger partial charge in [-0.2, -0.15) is 4.31 Å². The molecule has 0 unspecified atom stereocenters. The third kappa shape index (κ3) is 1.82. The molecule has 0 aromatic heterocycles. The predicted molar refractivity (Wildman–Crippen MR) is 64.3 cm³/mol. The van der Waals surface area contributed by atoms with E-state index in [1.165, 1.54) is 18.2 Å².